The van der Waals surface area contributed by atoms with Gasteiger partial charge in [0.05, 0.1) is 23.5 Å². The number of hydrogen-bond donors (Lipinski definition) is 5. The molecule has 0 aliphatic rings. The van der Waals surface area contributed by atoms with Gasteiger partial charge in [0.15, 0.2) is 5.13 Å². The van der Waals surface area contributed by atoms with E-state index in [9.17, 15) is 9.59 Å². The number of carbonyl (C=O) groups is 2. The van der Waals surface area contributed by atoms with E-state index in [2.05, 4.69) is 36.2 Å². The fourth-order valence-electron chi connectivity index (χ4n) is 2.71. The van der Waals surface area contributed by atoms with Crippen molar-refractivity contribution in [3.05, 3.63) is 51.7 Å². The molecule has 2 aromatic heterocycles. The molecule has 0 fully saturated rings. The first-order chi connectivity index (χ1) is 15.3. The third-order valence-corrected chi connectivity index (χ3v) is 5.37. The summed E-state index contributed by atoms with van der Waals surface area (Å²) in [6.07, 6.45) is 1.48. The van der Waals surface area contributed by atoms with Gasteiger partial charge in [-0.2, -0.15) is 0 Å². The van der Waals surface area contributed by atoms with Crippen molar-refractivity contribution in [2.45, 2.75) is 13.8 Å². The summed E-state index contributed by atoms with van der Waals surface area (Å²) in [6, 6.07) is 7.11. The Labute approximate surface area is 193 Å². The van der Waals surface area contributed by atoms with Crippen LogP contribution in [0.5, 0.6) is 0 Å². The Morgan fingerprint density at radius 3 is 2.69 bits per heavy atom. The third-order valence-electron chi connectivity index (χ3n) is 4.15. The molecule has 0 spiro atoms. The van der Waals surface area contributed by atoms with Crippen LogP contribution < -0.4 is 21.3 Å². The van der Waals surface area contributed by atoms with E-state index in [4.69, 9.17) is 16.7 Å². The van der Waals surface area contributed by atoms with Crippen LogP contribution in [-0.2, 0) is 4.79 Å². The minimum absolute atomic E-state index is 0.104. The van der Waals surface area contributed by atoms with Crippen molar-refractivity contribution in [1.29, 1.82) is 0 Å². The number of nitrogens with one attached hydrogen (secondary N) is 4. The molecule has 0 aliphatic heterocycles. The molecule has 1 aromatic carbocycles. The lowest BCUT2D eigenvalue weighted by molar-refractivity contribution is -0.135. The summed E-state index contributed by atoms with van der Waals surface area (Å²) in [4.78, 5) is 36.4. The molecule has 0 saturated carbocycles. The smallest absolute Gasteiger partial charge is 0.317 e. The number of thiazole rings is 1. The summed E-state index contributed by atoms with van der Waals surface area (Å²) in [5, 5.41) is 21.4. The number of anilines is 4. The maximum absolute atomic E-state index is 12.6. The first kappa shape index (κ1) is 23.4. The van der Waals surface area contributed by atoms with Crippen LogP contribution in [0.1, 0.15) is 21.1 Å². The predicted molar refractivity (Wildman–Crippen MR) is 125 cm³/mol. The van der Waals surface area contributed by atoms with E-state index < -0.39 is 5.97 Å². The van der Waals surface area contributed by atoms with E-state index >= 15 is 0 Å². The van der Waals surface area contributed by atoms with Crippen molar-refractivity contribution >= 4 is 57.3 Å². The molecule has 32 heavy (non-hydrogen) atoms. The number of aromatic nitrogens is 3. The second-order valence-electron chi connectivity index (χ2n) is 6.72. The molecule has 1 amide bonds. The topological polar surface area (TPSA) is 141 Å². The minimum Gasteiger partial charge on any atom is -0.480 e. The maximum Gasteiger partial charge on any atom is 0.317 e. The predicted octanol–water partition coefficient (Wildman–Crippen LogP) is 3.29. The molecule has 0 saturated heterocycles. The van der Waals surface area contributed by atoms with Crippen molar-refractivity contribution in [2.24, 2.45) is 0 Å². The average molecular weight is 476 g/mol. The van der Waals surface area contributed by atoms with E-state index in [1.54, 1.807) is 19.1 Å². The van der Waals surface area contributed by atoms with E-state index in [1.165, 1.54) is 17.5 Å². The molecule has 0 radical (unpaired) electrons. The van der Waals surface area contributed by atoms with Crippen molar-refractivity contribution in [3.63, 3.8) is 0 Å². The zero-order chi connectivity index (χ0) is 23.1. The van der Waals surface area contributed by atoms with E-state index in [0.29, 0.717) is 51.3 Å². The van der Waals surface area contributed by atoms with Crippen LogP contribution in [0.2, 0.25) is 5.02 Å². The summed E-state index contributed by atoms with van der Waals surface area (Å²) >= 11 is 7.36. The van der Waals surface area contributed by atoms with Gasteiger partial charge in [0.2, 0.25) is 0 Å². The van der Waals surface area contributed by atoms with Gasteiger partial charge in [-0.05, 0) is 25.5 Å². The SMILES string of the molecule is Cc1nc(NCCNCC(=O)O)cc(Nc2ncc(C(=O)Nc3c(C)cccc3Cl)s2)n1. The second-order valence-corrected chi connectivity index (χ2v) is 8.16. The molecule has 0 atom stereocenters. The molecule has 3 rings (SSSR count). The molecular formula is C20H22ClN7O3S. The number of hydrogen-bond acceptors (Lipinski definition) is 9. The largest absolute Gasteiger partial charge is 0.480 e. The molecule has 0 aliphatic carbocycles. The molecule has 0 bridgehead atoms. The Kier molecular flexibility index (Phi) is 7.92. The van der Waals surface area contributed by atoms with E-state index in [0.717, 1.165) is 5.56 Å². The van der Waals surface area contributed by atoms with Gasteiger partial charge >= 0.3 is 5.97 Å². The van der Waals surface area contributed by atoms with Crippen molar-refractivity contribution in [2.75, 3.05) is 35.6 Å². The highest BCUT2D eigenvalue weighted by Gasteiger charge is 2.14. The Hall–Kier alpha value is -3.28. The Balaban J connectivity index is 1.61. The number of para-hydroxylation sites is 1. The summed E-state index contributed by atoms with van der Waals surface area (Å²) in [5.41, 5.74) is 1.44. The van der Waals surface area contributed by atoms with Gasteiger partial charge in [-0.15, -0.1) is 0 Å². The molecule has 3 aromatic rings. The molecule has 12 heteroatoms. The van der Waals surface area contributed by atoms with Gasteiger partial charge in [0.25, 0.3) is 5.91 Å². The third kappa shape index (κ3) is 6.61. The number of aliphatic carboxylic acids is 1. The van der Waals surface area contributed by atoms with Gasteiger partial charge in [0, 0.05) is 19.2 Å². The lowest BCUT2D eigenvalue weighted by Gasteiger charge is -2.09. The summed E-state index contributed by atoms with van der Waals surface area (Å²) in [5.74, 6) is 0.428. The molecular weight excluding hydrogens is 454 g/mol. The van der Waals surface area contributed by atoms with Crippen LogP contribution in [-0.4, -0.2) is 51.6 Å². The highest BCUT2D eigenvalue weighted by atomic mass is 35.5. The van der Waals surface area contributed by atoms with Gasteiger partial charge in [0.1, 0.15) is 22.3 Å². The highest BCUT2D eigenvalue weighted by Crippen LogP contribution is 2.28. The number of nitrogens with zero attached hydrogens (tertiary/aromatic N) is 3. The number of amides is 1. The molecule has 0 unspecified atom stereocenters. The van der Waals surface area contributed by atoms with Crippen LogP contribution in [0.15, 0.2) is 30.5 Å². The fraction of sp³-hybridized carbons (Fsp3) is 0.250. The number of carbonyl (C=O) groups excluding carboxylic acids is 1. The zero-order valence-electron chi connectivity index (χ0n) is 17.4. The summed E-state index contributed by atoms with van der Waals surface area (Å²) < 4.78 is 0. The van der Waals surface area contributed by atoms with Crippen LogP contribution in [0.25, 0.3) is 0 Å². The zero-order valence-corrected chi connectivity index (χ0v) is 19.0. The number of carboxylic acids is 1. The molecule has 168 valence electrons. The number of rotatable bonds is 10. The lowest BCUT2D eigenvalue weighted by Crippen LogP contribution is -2.27. The summed E-state index contributed by atoms with van der Waals surface area (Å²) in [6.45, 7) is 4.48. The second kappa shape index (κ2) is 10.8. The number of carboxylic acid groups (broad SMARTS) is 1. The minimum atomic E-state index is -0.909. The molecule has 5 N–H and O–H groups in total. The lowest BCUT2D eigenvalue weighted by atomic mass is 10.2. The van der Waals surface area contributed by atoms with Crippen LogP contribution in [0.4, 0.5) is 22.5 Å². The van der Waals surface area contributed by atoms with Crippen molar-refractivity contribution < 1.29 is 14.7 Å². The average Bonchev–Trinajstić information content (AvgIpc) is 3.18. The number of benzene rings is 1. The number of aryl methyl sites for hydroxylation is 2. The van der Waals surface area contributed by atoms with E-state index in [-0.39, 0.29) is 12.5 Å². The normalized spacial score (nSPS) is 10.6. The van der Waals surface area contributed by atoms with Gasteiger partial charge in [-0.3, -0.25) is 9.59 Å². The molecule has 10 nitrogen and oxygen atoms in total. The highest BCUT2D eigenvalue weighted by molar-refractivity contribution is 7.17. The molecule has 2 heterocycles. The standard InChI is InChI=1S/C20H22ClN7O3S/c1-11-4-3-5-13(21)18(11)28-19(31)14-9-24-20(32-14)27-16-8-15(25-12(2)26-16)23-7-6-22-10-17(29)30/h3-5,8-9,22H,6-7,10H2,1-2H3,(H,28,31)(H,29,30)(H2,23,24,25,26,27). The Morgan fingerprint density at radius 2 is 1.94 bits per heavy atom. The van der Waals surface area contributed by atoms with E-state index in [1.807, 2.05) is 19.1 Å². The Morgan fingerprint density at radius 1 is 1.16 bits per heavy atom. The monoisotopic (exact) mass is 475 g/mol. The van der Waals surface area contributed by atoms with Gasteiger partial charge in [-0.25, -0.2) is 15.0 Å². The van der Waals surface area contributed by atoms with Crippen LogP contribution >= 0.6 is 22.9 Å². The quantitative estimate of drug-likeness (QED) is 0.279. The Bertz CT molecular complexity index is 1100. The summed E-state index contributed by atoms with van der Waals surface area (Å²) in [7, 11) is 0. The van der Waals surface area contributed by atoms with Gasteiger partial charge in [-0.1, -0.05) is 35.1 Å². The first-order valence-electron chi connectivity index (χ1n) is 9.63. The number of halogens is 1. The van der Waals surface area contributed by atoms with Gasteiger partial charge < -0.3 is 26.4 Å². The fourth-order valence-corrected chi connectivity index (χ4v) is 3.70. The van der Waals surface area contributed by atoms with Crippen molar-refractivity contribution in [3.8, 4) is 0 Å². The van der Waals surface area contributed by atoms with Crippen molar-refractivity contribution in [1.82, 2.24) is 20.3 Å². The first-order valence-corrected chi connectivity index (χ1v) is 10.8. The van der Waals surface area contributed by atoms with Crippen LogP contribution in [0.3, 0.4) is 0 Å². The maximum atomic E-state index is 12.6. The van der Waals surface area contributed by atoms with Crippen LogP contribution in [0, 0.1) is 13.8 Å².